The quantitative estimate of drug-likeness (QED) is 0.922. The van der Waals surface area contributed by atoms with Gasteiger partial charge in [0, 0.05) is 24.6 Å². The van der Waals surface area contributed by atoms with E-state index in [4.69, 9.17) is 0 Å². The molecule has 1 heterocycles. The number of aromatic hydroxyl groups is 1. The number of amides is 1. The number of phenols is 1. The minimum atomic E-state index is -0.563. The Morgan fingerprint density at radius 2 is 2.00 bits per heavy atom. The normalized spacial score (nSPS) is 10.2. The molecule has 0 fully saturated rings. The lowest BCUT2D eigenvalue weighted by Crippen LogP contribution is -2.30. The first kappa shape index (κ1) is 13.0. The third kappa shape index (κ3) is 2.70. The molecule has 1 N–H and O–H groups in total. The van der Waals surface area contributed by atoms with Gasteiger partial charge in [-0.15, -0.1) is 0 Å². The van der Waals surface area contributed by atoms with E-state index in [9.17, 15) is 14.3 Å². The second kappa shape index (κ2) is 5.48. The van der Waals surface area contributed by atoms with E-state index in [2.05, 4.69) is 4.98 Å². The summed E-state index contributed by atoms with van der Waals surface area (Å²) in [6.07, 6.45) is 3.13. The lowest BCUT2D eigenvalue weighted by atomic mass is 10.1. The van der Waals surface area contributed by atoms with Gasteiger partial charge in [-0.1, -0.05) is 0 Å². The summed E-state index contributed by atoms with van der Waals surface area (Å²) in [5, 5.41) is 9.67. The van der Waals surface area contributed by atoms with E-state index in [0.717, 1.165) is 12.1 Å². The maximum absolute atomic E-state index is 13.2. The van der Waals surface area contributed by atoms with E-state index in [1.165, 1.54) is 11.0 Å². The van der Waals surface area contributed by atoms with Gasteiger partial charge in [0.2, 0.25) is 0 Å². The van der Waals surface area contributed by atoms with Gasteiger partial charge in [0.05, 0.1) is 5.56 Å². The standard InChI is InChI=1S/C14H13FN2O2/c1-2-17(11-5-7-16-8-6-11)14(19)12-9-10(15)3-4-13(12)18/h3-9,18H,2H2,1H3. The number of hydrogen-bond acceptors (Lipinski definition) is 3. The number of phenolic OH excluding ortho intramolecular Hbond substituents is 1. The molecule has 0 atom stereocenters. The van der Waals surface area contributed by atoms with Crippen molar-refractivity contribution in [3.05, 3.63) is 54.1 Å². The highest BCUT2D eigenvalue weighted by atomic mass is 19.1. The van der Waals surface area contributed by atoms with Crippen LogP contribution in [0.5, 0.6) is 5.75 Å². The van der Waals surface area contributed by atoms with Crippen LogP contribution in [0.3, 0.4) is 0 Å². The van der Waals surface area contributed by atoms with Gasteiger partial charge in [0.1, 0.15) is 11.6 Å². The molecule has 2 aromatic rings. The number of pyridine rings is 1. The molecule has 0 bridgehead atoms. The summed E-state index contributed by atoms with van der Waals surface area (Å²) in [5.74, 6) is -1.25. The predicted molar refractivity (Wildman–Crippen MR) is 69.7 cm³/mol. The molecule has 0 aliphatic rings. The minimum absolute atomic E-state index is 0.0568. The zero-order chi connectivity index (χ0) is 13.8. The number of nitrogens with zero attached hydrogens (tertiary/aromatic N) is 2. The molecule has 0 saturated heterocycles. The molecular weight excluding hydrogens is 247 g/mol. The fourth-order valence-electron chi connectivity index (χ4n) is 1.79. The Bertz CT molecular complexity index is 587. The maximum Gasteiger partial charge on any atom is 0.262 e. The van der Waals surface area contributed by atoms with Crippen LogP contribution in [-0.2, 0) is 0 Å². The number of rotatable bonds is 3. The van der Waals surface area contributed by atoms with E-state index in [1.807, 2.05) is 0 Å². The fourth-order valence-corrected chi connectivity index (χ4v) is 1.79. The summed E-state index contributed by atoms with van der Waals surface area (Å²) in [4.78, 5) is 17.6. The summed E-state index contributed by atoms with van der Waals surface area (Å²) in [6.45, 7) is 2.20. The molecule has 1 amide bonds. The molecule has 0 aliphatic heterocycles. The fraction of sp³-hybridized carbons (Fsp3) is 0.143. The van der Waals surface area contributed by atoms with Crippen LogP contribution in [0.25, 0.3) is 0 Å². The Balaban J connectivity index is 2.39. The van der Waals surface area contributed by atoms with E-state index in [0.29, 0.717) is 12.2 Å². The van der Waals surface area contributed by atoms with Crippen LogP contribution in [0, 0.1) is 5.82 Å². The molecule has 2 rings (SSSR count). The molecule has 0 spiro atoms. The second-order valence-electron chi connectivity index (χ2n) is 3.92. The Labute approximate surface area is 110 Å². The largest absolute Gasteiger partial charge is 0.507 e. The van der Waals surface area contributed by atoms with Crippen molar-refractivity contribution in [3.63, 3.8) is 0 Å². The molecule has 98 valence electrons. The SMILES string of the molecule is CCN(C(=O)c1cc(F)ccc1O)c1ccncc1. The first-order chi connectivity index (χ1) is 9.13. The maximum atomic E-state index is 13.2. The number of hydrogen-bond donors (Lipinski definition) is 1. The molecule has 0 radical (unpaired) electrons. The third-order valence-corrected chi connectivity index (χ3v) is 2.72. The Morgan fingerprint density at radius 1 is 1.32 bits per heavy atom. The topological polar surface area (TPSA) is 53.4 Å². The molecule has 1 aromatic carbocycles. The van der Waals surface area contributed by atoms with E-state index in [1.54, 1.807) is 31.5 Å². The molecule has 5 heteroatoms. The van der Waals surface area contributed by atoms with Crippen molar-refractivity contribution < 1.29 is 14.3 Å². The summed E-state index contributed by atoms with van der Waals surface area (Å²) in [6, 6.07) is 6.66. The number of carbonyl (C=O) groups is 1. The Kier molecular flexibility index (Phi) is 3.75. The molecule has 19 heavy (non-hydrogen) atoms. The average Bonchev–Trinajstić information content (AvgIpc) is 2.43. The minimum Gasteiger partial charge on any atom is -0.507 e. The third-order valence-electron chi connectivity index (χ3n) is 2.72. The summed E-state index contributed by atoms with van der Waals surface area (Å²) >= 11 is 0. The van der Waals surface area contributed by atoms with Crippen molar-refractivity contribution in [2.24, 2.45) is 0 Å². The highest BCUT2D eigenvalue weighted by Crippen LogP contribution is 2.22. The first-order valence-electron chi connectivity index (χ1n) is 5.84. The van der Waals surface area contributed by atoms with Crippen LogP contribution in [0.2, 0.25) is 0 Å². The molecule has 0 saturated carbocycles. The van der Waals surface area contributed by atoms with Crippen LogP contribution < -0.4 is 4.90 Å². The number of halogens is 1. The van der Waals surface area contributed by atoms with Crippen molar-refractivity contribution in [3.8, 4) is 5.75 Å². The molecule has 4 nitrogen and oxygen atoms in total. The van der Waals surface area contributed by atoms with Gasteiger partial charge >= 0.3 is 0 Å². The van der Waals surface area contributed by atoms with Crippen molar-refractivity contribution in [2.75, 3.05) is 11.4 Å². The van der Waals surface area contributed by atoms with Gasteiger partial charge in [0.25, 0.3) is 5.91 Å². The van der Waals surface area contributed by atoms with Gasteiger partial charge in [-0.25, -0.2) is 4.39 Å². The number of carbonyl (C=O) groups excluding carboxylic acids is 1. The Morgan fingerprint density at radius 3 is 2.63 bits per heavy atom. The molecule has 0 unspecified atom stereocenters. The molecule has 0 aliphatic carbocycles. The predicted octanol–water partition coefficient (Wildman–Crippen LogP) is 2.59. The van der Waals surface area contributed by atoms with Crippen LogP contribution in [0.4, 0.5) is 10.1 Å². The first-order valence-corrected chi connectivity index (χ1v) is 5.84. The zero-order valence-electron chi connectivity index (χ0n) is 10.4. The van der Waals surface area contributed by atoms with Crippen LogP contribution in [0.1, 0.15) is 17.3 Å². The summed E-state index contributed by atoms with van der Waals surface area (Å²) in [5.41, 5.74) is 0.588. The highest BCUT2D eigenvalue weighted by molar-refractivity contribution is 6.07. The zero-order valence-corrected chi connectivity index (χ0v) is 10.4. The van der Waals surface area contributed by atoms with Crippen LogP contribution in [-0.4, -0.2) is 22.5 Å². The van der Waals surface area contributed by atoms with Gasteiger partial charge in [-0.3, -0.25) is 9.78 Å². The smallest absolute Gasteiger partial charge is 0.262 e. The van der Waals surface area contributed by atoms with Crippen molar-refractivity contribution in [2.45, 2.75) is 6.92 Å². The van der Waals surface area contributed by atoms with Gasteiger partial charge in [0.15, 0.2) is 0 Å². The van der Waals surface area contributed by atoms with Crippen molar-refractivity contribution in [1.29, 1.82) is 0 Å². The number of aromatic nitrogens is 1. The van der Waals surface area contributed by atoms with Gasteiger partial charge in [-0.05, 0) is 37.3 Å². The average molecular weight is 260 g/mol. The van der Waals surface area contributed by atoms with Crippen LogP contribution >= 0.6 is 0 Å². The monoisotopic (exact) mass is 260 g/mol. The summed E-state index contributed by atoms with van der Waals surface area (Å²) in [7, 11) is 0. The highest BCUT2D eigenvalue weighted by Gasteiger charge is 2.19. The van der Waals surface area contributed by atoms with E-state index < -0.39 is 11.7 Å². The Hall–Kier alpha value is -2.43. The molecule has 1 aromatic heterocycles. The second-order valence-corrected chi connectivity index (χ2v) is 3.92. The van der Waals surface area contributed by atoms with Crippen molar-refractivity contribution in [1.82, 2.24) is 4.98 Å². The van der Waals surface area contributed by atoms with Gasteiger partial charge < -0.3 is 10.0 Å². The van der Waals surface area contributed by atoms with E-state index in [-0.39, 0.29) is 11.3 Å². The van der Waals surface area contributed by atoms with E-state index >= 15 is 0 Å². The van der Waals surface area contributed by atoms with Gasteiger partial charge in [-0.2, -0.15) is 0 Å². The van der Waals surface area contributed by atoms with Crippen molar-refractivity contribution >= 4 is 11.6 Å². The lowest BCUT2D eigenvalue weighted by molar-refractivity contribution is 0.0985. The number of benzene rings is 1. The lowest BCUT2D eigenvalue weighted by Gasteiger charge is -2.21. The van der Waals surface area contributed by atoms with Crippen LogP contribution in [0.15, 0.2) is 42.7 Å². The molecular formula is C14H13FN2O2. The summed E-state index contributed by atoms with van der Waals surface area (Å²) < 4.78 is 13.2. The number of anilines is 1.